The van der Waals surface area contributed by atoms with Crippen molar-refractivity contribution in [2.75, 3.05) is 36.8 Å². The third kappa shape index (κ3) is 3.98. The second kappa shape index (κ2) is 7.84. The number of piperazine rings is 1. The monoisotopic (exact) mass is 380 g/mol. The summed E-state index contributed by atoms with van der Waals surface area (Å²) in [5, 5.41) is 11.2. The predicted molar refractivity (Wildman–Crippen MR) is 107 cm³/mol. The molecule has 1 aliphatic heterocycles. The van der Waals surface area contributed by atoms with Gasteiger partial charge >= 0.3 is 0 Å². The first-order chi connectivity index (χ1) is 13.2. The average Bonchev–Trinajstić information content (AvgIpc) is 2.72. The van der Waals surface area contributed by atoms with E-state index in [1.165, 1.54) is 11.8 Å². The fraction of sp³-hybridized carbons (Fsp3) is 0.250. The van der Waals surface area contributed by atoms with Crippen molar-refractivity contribution in [1.82, 2.24) is 14.9 Å². The van der Waals surface area contributed by atoms with Crippen LogP contribution in [0.15, 0.2) is 59.9 Å². The molecule has 4 rings (SSSR count). The Labute approximate surface area is 161 Å². The molecule has 0 aliphatic carbocycles. The van der Waals surface area contributed by atoms with Crippen LogP contribution >= 0.6 is 11.8 Å². The predicted octanol–water partition coefficient (Wildman–Crippen LogP) is 2.78. The van der Waals surface area contributed by atoms with Gasteiger partial charge < -0.3 is 14.9 Å². The molecule has 0 bridgehead atoms. The van der Waals surface area contributed by atoms with Gasteiger partial charge in [0.05, 0.1) is 11.3 Å². The summed E-state index contributed by atoms with van der Waals surface area (Å²) in [6.07, 6.45) is 1.55. The number of phenolic OH excluding ortho intramolecular Hbond substituents is 1. The molecule has 138 valence electrons. The number of para-hydroxylation sites is 1. The standard InChI is InChI=1S/C20H20N4O2S/c25-16-7-5-15(6-8-16)23-9-11-24(12-10-23)19(26)13-27-20-17-3-1-2-4-18(17)21-14-22-20/h1-8,14,25H,9-13H2. The lowest BCUT2D eigenvalue weighted by atomic mass is 10.2. The van der Waals surface area contributed by atoms with Crippen molar-refractivity contribution in [2.45, 2.75) is 5.03 Å². The number of rotatable bonds is 4. The highest BCUT2D eigenvalue weighted by atomic mass is 32.2. The fourth-order valence-electron chi connectivity index (χ4n) is 3.19. The summed E-state index contributed by atoms with van der Waals surface area (Å²) < 4.78 is 0. The van der Waals surface area contributed by atoms with Gasteiger partial charge in [0.2, 0.25) is 5.91 Å². The van der Waals surface area contributed by atoms with Crippen LogP contribution in [0.4, 0.5) is 5.69 Å². The van der Waals surface area contributed by atoms with E-state index in [4.69, 9.17) is 0 Å². The van der Waals surface area contributed by atoms with Gasteiger partial charge in [-0.25, -0.2) is 9.97 Å². The summed E-state index contributed by atoms with van der Waals surface area (Å²) in [4.78, 5) is 25.3. The number of fused-ring (bicyclic) bond motifs is 1. The molecule has 0 atom stereocenters. The molecule has 3 aromatic rings. The maximum atomic E-state index is 12.6. The number of carbonyl (C=O) groups is 1. The summed E-state index contributed by atoms with van der Waals surface area (Å²) in [5.41, 5.74) is 1.96. The first-order valence-electron chi connectivity index (χ1n) is 8.85. The van der Waals surface area contributed by atoms with Crippen LogP contribution in [0.3, 0.4) is 0 Å². The van der Waals surface area contributed by atoms with Gasteiger partial charge in [-0.3, -0.25) is 4.79 Å². The maximum absolute atomic E-state index is 12.6. The minimum atomic E-state index is 0.132. The van der Waals surface area contributed by atoms with Crippen molar-refractivity contribution in [2.24, 2.45) is 0 Å². The van der Waals surface area contributed by atoms with Crippen LogP contribution in [0.25, 0.3) is 10.9 Å². The highest BCUT2D eigenvalue weighted by Crippen LogP contribution is 2.25. The van der Waals surface area contributed by atoms with Crippen LogP contribution in [0.5, 0.6) is 5.75 Å². The van der Waals surface area contributed by atoms with Crippen LogP contribution in [-0.4, -0.2) is 57.8 Å². The number of carbonyl (C=O) groups excluding carboxylic acids is 1. The van der Waals surface area contributed by atoms with E-state index in [-0.39, 0.29) is 11.7 Å². The van der Waals surface area contributed by atoms with Crippen LogP contribution < -0.4 is 4.90 Å². The van der Waals surface area contributed by atoms with Gasteiger partial charge in [-0.05, 0) is 30.3 Å². The topological polar surface area (TPSA) is 69.6 Å². The molecule has 0 spiro atoms. The molecule has 0 saturated carbocycles. The molecule has 1 aliphatic rings. The summed E-state index contributed by atoms with van der Waals surface area (Å²) in [7, 11) is 0. The number of aromatic nitrogens is 2. The van der Waals surface area contributed by atoms with Crippen molar-refractivity contribution < 1.29 is 9.90 Å². The zero-order chi connectivity index (χ0) is 18.6. The highest BCUT2D eigenvalue weighted by molar-refractivity contribution is 8.00. The van der Waals surface area contributed by atoms with Crippen molar-refractivity contribution in [3.63, 3.8) is 0 Å². The highest BCUT2D eigenvalue weighted by Gasteiger charge is 2.21. The van der Waals surface area contributed by atoms with E-state index in [0.717, 1.165) is 34.7 Å². The van der Waals surface area contributed by atoms with Crippen molar-refractivity contribution in [3.05, 3.63) is 54.9 Å². The molecule has 1 N–H and O–H groups in total. The number of nitrogens with zero attached hydrogens (tertiary/aromatic N) is 4. The van der Waals surface area contributed by atoms with Gasteiger partial charge in [0, 0.05) is 37.3 Å². The molecule has 1 amide bonds. The van der Waals surface area contributed by atoms with Gasteiger partial charge in [0.15, 0.2) is 0 Å². The van der Waals surface area contributed by atoms with E-state index < -0.39 is 0 Å². The largest absolute Gasteiger partial charge is 0.508 e. The Bertz CT molecular complexity index is 935. The molecule has 7 heteroatoms. The molecule has 1 fully saturated rings. The second-order valence-corrected chi connectivity index (χ2v) is 7.33. The van der Waals surface area contributed by atoms with Crippen molar-refractivity contribution in [3.8, 4) is 5.75 Å². The number of anilines is 1. The lowest BCUT2D eigenvalue weighted by molar-refractivity contribution is -0.128. The van der Waals surface area contributed by atoms with Crippen LogP contribution in [0.1, 0.15) is 0 Å². The zero-order valence-electron chi connectivity index (χ0n) is 14.8. The Hall–Kier alpha value is -2.80. The van der Waals surface area contributed by atoms with E-state index >= 15 is 0 Å². The molecule has 2 heterocycles. The molecule has 27 heavy (non-hydrogen) atoms. The molecular formula is C20H20N4O2S. The first kappa shape index (κ1) is 17.6. The Balaban J connectivity index is 1.34. The molecule has 2 aromatic carbocycles. The summed E-state index contributed by atoms with van der Waals surface area (Å²) in [6, 6.07) is 15.0. The third-order valence-corrected chi connectivity index (χ3v) is 5.68. The van der Waals surface area contributed by atoms with Gasteiger partial charge in [0.1, 0.15) is 17.1 Å². The molecule has 1 aromatic heterocycles. The average molecular weight is 380 g/mol. The Kier molecular flexibility index (Phi) is 5.11. The van der Waals surface area contributed by atoms with Crippen molar-refractivity contribution in [1.29, 1.82) is 0 Å². The molecule has 1 saturated heterocycles. The fourth-order valence-corrected chi connectivity index (χ4v) is 4.09. The van der Waals surface area contributed by atoms with Crippen molar-refractivity contribution >= 4 is 34.3 Å². The van der Waals surface area contributed by atoms with E-state index in [2.05, 4.69) is 14.9 Å². The van der Waals surface area contributed by atoms with Gasteiger partial charge in [-0.1, -0.05) is 30.0 Å². The summed E-state index contributed by atoms with van der Waals surface area (Å²) >= 11 is 1.47. The number of aromatic hydroxyl groups is 1. The first-order valence-corrected chi connectivity index (χ1v) is 9.83. The minimum absolute atomic E-state index is 0.132. The molecule has 0 radical (unpaired) electrons. The lowest BCUT2D eigenvalue weighted by Crippen LogP contribution is -2.49. The lowest BCUT2D eigenvalue weighted by Gasteiger charge is -2.36. The van der Waals surface area contributed by atoms with Gasteiger partial charge in [-0.2, -0.15) is 0 Å². The number of hydrogen-bond donors (Lipinski definition) is 1. The number of amides is 1. The van der Waals surface area contributed by atoms with Crippen LogP contribution in [0.2, 0.25) is 0 Å². The molecule has 0 unspecified atom stereocenters. The number of benzene rings is 2. The number of hydrogen-bond acceptors (Lipinski definition) is 6. The normalized spacial score (nSPS) is 14.5. The van der Waals surface area contributed by atoms with Gasteiger partial charge in [-0.15, -0.1) is 0 Å². The van der Waals surface area contributed by atoms with E-state index in [9.17, 15) is 9.90 Å². The van der Waals surface area contributed by atoms with Crippen LogP contribution in [0, 0.1) is 0 Å². The molecular weight excluding hydrogens is 360 g/mol. The minimum Gasteiger partial charge on any atom is -0.508 e. The Morgan fingerprint density at radius 2 is 1.74 bits per heavy atom. The van der Waals surface area contributed by atoms with Crippen LogP contribution in [-0.2, 0) is 4.79 Å². The zero-order valence-corrected chi connectivity index (χ0v) is 15.6. The number of thioether (sulfide) groups is 1. The summed E-state index contributed by atoms with van der Waals surface area (Å²) in [5.74, 6) is 0.773. The van der Waals surface area contributed by atoms with Gasteiger partial charge in [0.25, 0.3) is 0 Å². The maximum Gasteiger partial charge on any atom is 0.233 e. The van der Waals surface area contributed by atoms with E-state index in [0.29, 0.717) is 18.8 Å². The Morgan fingerprint density at radius 3 is 2.52 bits per heavy atom. The SMILES string of the molecule is O=C(CSc1ncnc2ccccc12)N1CCN(c2ccc(O)cc2)CC1. The third-order valence-electron chi connectivity index (χ3n) is 4.69. The quantitative estimate of drug-likeness (QED) is 0.554. The van der Waals surface area contributed by atoms with E-state index in [1.54, 1.807) is 18.5 Å². The smallest absolute Gasteiger partial charge is 0.233 e. The Morgan fingerprint density at radius 1 is 1.00 bits per heavy atom. The van der Waals surface area contributed by atoms with E-state index in [1.807, 2.05) is 41.3 Å². The summed E-state index contributed by atoms with van der Waals surface area (Å²) in [6.45, 7) is 2.98. The molecule has 6 nitrogen and oxygen atoms in total. The second-order valence-electron chi connectivity index (χ2n) is 6.37. The number of phenols is 1.